The fraction of sp³-hybridized carbons (Fsp3) is 0.250. The summed E-state index contributed by atoms with van der Waals surface area (Å²) in [5.41, 5.74) is 7.02. The summed E-state index contributed by atoms with van der Waals surface area (Å²) in [6.07, 6.45) is 1.09. The number of nitrogens with zero attached hydrogens (tertiary/aromatic N) is 2. The number of benzene rings is 2. The highest BCUT2D eigenvalue weighted by Crippen LogP contribution is 2.27. The number of rotatable bonds is 5. The van der Waals surface area contributed by atoms with E-state index in [2.05, 4.69) is 0 Å². The molecule has 7 heteroatoms. The zero-order valence-electron chi connectivity index (χ0n) is 15.1. The molecule has 1 aliphatic rings. The Labute approximate surface area is 158 Å². The summed E-state index contributed by atoms with van der Waals surface area (Å²) in [5, 5.41) is 8.04. The minimum Gasteiger partial charge on any atom is -0.481 e. The summed E-state index contributed by atoms with van der Waals surface area (Å²) in [6.45, 7) is 1.98. The lowest BCUT2D eigenvalue weighted by atomic mass is 10.3. The van der Waals surface area contributed by atoms with Crippen LogP contribution >= 0.6 is 0 Å². The predicted molar refractivity (Wildman–Crippen MR) is 103 cm³/mol. The Balaban J connectivity index is 0.000000321. The molecule has 1 aliphatic heterocycles. The third-order valence-electron chi connectivity index (χ3n) is 3.94. The Morgan fingerprint density at radius 3 is 1.96 bits per heavy atom. The van der Waals surface area contributed by atoms with Crippen LogP contribution in [0.2, 0.25) is 0 Å². The molecule has 0 radical (unpaired) electrons. The molecule has 1 atom stereocenters. The van der Waals surface area contributed by atoms with E-state index in [0.717, 1.165) is 17.7 Å². The van der Waals surface area contributed by atoms with Crippen LogP contribution in [-0.4, -0.2) is 29.2 Å². The Morgan fingerprint density at radius 1 is 1.00 bits per heavy atom. The van der Waals surface area contributed by atoms with Gasteiger partial charge in [0.2, 0.25) is 0 Å². The van der Waals surface area contributed by atoms with Gasteiger partial charge in [0.15, 0.2) is 6.17 Å². The van der Waals surface area contributed by atoms with Gasteiger partial charge in [-0.15, -0.1) is 0 Å². The van der Waals surface area contributed by atoms with Gasteiger partial charge in [0, 0.05) is 12.1 Å². The van der Waals surface area contributed by atoms with Crippen molar-refractivity contribution in [2.45, 2.75) is 32.4 Å². The van der Waals surface area contributed by atoms with E-state index < -0.39 is 24.1 Å². The fourth-order valence-electron chi connectivity index (χ4n) is 2.57. The molecule has 1 saturated heterocycles. The molecule has 1 heterocycles. The predicted octanol–water partition coefficient (Wildman–Crippen LogP) is 3.21. The van der Waals surface area contributed by atoms with Crippen LogP contribution in [-0.2, 0) is 9.59 Å². The first kappa shape index (κ1) is 20.1. The van der Waals surface area contributed by atoms with Crippen molar-refractivity contribution in [2.24, 2.45) is 5.73 Å². The maximum atomic E-state index is 12.5. The molecule has 0 bridgehead atoms. The Bertz CT molecular complexity index is 780. The van der Waals surface area contributed by atoms with E-state index in [0.29, 0.717) is 17.8 Å². The maximum absolute atomic E-state index is 12.5. The molecule has 2 aromatic rings. The van der Waals surface area contributed by atoms with E-state index in [-0.39, 0.29) is 0 Å². The number of nitrogens with two attached hydrogens (primary N) is 1. The molecule has 3 amide bonds. The smallest absolute Gasteiger partial charge is 0.337 e. The third kappa shape index (κ3) is 4.92. The summed E-state index contributed by atoms with van der Waals surface area (Å²) in [4.78, 5) is 36.9. The number of carboxylic acid groups (broad SMARTS) is 1. The Kier molecular flexibility index (Phi) is 7.08. The van der Waals surface area contributed by atoms with Gasteiger partial charge in [-0.05, 0) is 30.7 Å². The Hall–Kier alpha value is -3.19. The summed E-state index contributed by atoms with van der Waals surface area (Å²) in [6, 6.07) is 17.3. The lowest BCUT2D eigenvalue weighted by Gasteiger charge is -2.18. The van der Waals surface area contributed by atoms with Crippen LogP contribution in [0.25, 0.3) is 0 Å². The maximum Gasteiger partial charge on any atom is 0.337 e. The summed E-state index contributed by atoms with van der Waals surface area (Å²) >= 11 is 0. The quantitative estimate of drug-likeness (QED) is 0.788. The molecule has 7 nitrogen and oxygen atoms in total. The number of unbranched alkanes of at least 4 members (excludes halogenated alkanes) is 1. The standard InChI is InChI=1S/C15H13N3O2.C5H10O2/c16-13-14(19)18(12-9-5-2-6-10-12)15(20)17(13)11-7-3-1-4-8-11;1-2-3-4-5(6)7/h1-10,13H,16H2;2-4H2,1H3,(H,6,7). The highest BCUT2D eigenvalue weighted by molar-refractivity contribution is 6.28. The molecule has 27 heavy (non-hydrogen) atoms. The number of carboxylic acids is 1. The first-order valence-electron chi connectivity index (χ1n) is 8.72. The van der Waals surface area contributed by atoms with Crippen molar-refractivity contribution in [3.8, 4) is 0 Å². The zero-order valence-corrected chi connectivity index (χ0v) is 15.1. The van der Waals surface area contributed by atoms with Gasteiger partial charge < -0.3 is 10.8 Å². The van der Waals surface area contributed by atoms with Gasteiger partial charge in [0.05, 0.1) is 5.69 Å². The molecule has 3 N–H and O–H groups in total. The topological polar surface area (TPSA) is 104 Å². The second-order valence-electron chi connectivity index (χ2n) is 5.94. The van der Waals surface area contributed by atoms with E-state index in [1.165, 1.54) is 4.90 Å². The molecule has 3 rings (SSSR count). The first-order chi connectivity index (χ1) is 13.0. The summed E-state index contributed by atoms with van der Waals surface area (Å²) in [5.74, 6) is -1.12. The molecule has 0 aliphatic carbocycles. The van der Waals surface area contributed by atoms with E-state index in [1.807, 2.05) is 19.1 Å². The van der Waals surface area contributed by atoms with Gasteiger partial charge in [-0.3, -0.25) is 14.5 Å². The van der Waals surface area contributed by atoms with Crippen LogP contribution in [0.5, 0.6) is 0 Å². The second kappa shape index (κ2) is 9.49. The number of imide groups is 1. The minimum absolute atomic E-state index is 0.316. The van der Waals surface area contributed by atoms with E-state index in [9.17, 15) is 14.4 Å². The number of hydrogen-bond acceptors (Lipinski definition) is 4. The zero-order chi connectivity index (χ0) is 19.8. The first-order valence-corrected chi connectivity index (χ1v) is 8.72. The molecule has 0 aromatic heterocycles. The van der Waals surface area contributed by atoms with Crippen LogP contribution in [0.4, 0.5) is 16.2 Å². The number of carbonyl (C=O) groups excluding carboxylic acids is 2. The van der Waals surface area contributed by atoms with Crippen LogP contribution in [0.3, 0.4) is 0 Å². The van der Waals surface area contributed by atoms with Crippen LogP contribution in [0.1, 0.15) is 26.2 Å². The largest absolute Gasteiger partial charge is 0.481 e. The van der Waals surface area contributed by atoms with Crippen molar-refractivity contribution in [3.05, 3.63) is 60.7 Å². The van der Waals surface area contributed by atoms with Crippen LogP contribution in [0, 0.1) is 0 Å². The van der Waals surface area contributed by atoms with Gasteiger partial charge in [0.1, 0.15) is 0 Å². The number of anilines is 2. The van der Waals surface area contributed by atoms with Crippen LogP contribution in [0.15, 0.2) is 60.7 Å². The van der Waals surface area contributed by atoms with Gasteiger partial charge in [-0.25, -0.2) is 9.69 Å². The molecular weight excluding hydrogens is 346 g/mol. The van der Waals surface area contributed by atoms with E-state index >= 15 is 0 Å². The SMILES string of the molecule is CCCCC(=O)O.NC1C(=O)N(c2ccccc2)C(=O)N1c1ccccc1. The number of aliphatic carboxylic acids is 1. The molecule has 0 spiro atoms. The highest BCUT2D eigenvalue weighted by atomic mass is 16.4. The van der Waals surface area contributed by atoms with Gasteiger partial charge >= 0.3 is 12.0 Å². The monoisotopic (exact) mass is 369 g/mol. The number of urea groups is 1. The highest BCUT2D eigenvalue weighted by Gasteiger charge is 2.44. The van der Waals surface area contributed by atoms with Gasteiger partial charge in [0.25, 0.3) is 5.91 Å². The molecule has 0 saturated carbocycles. The van der Waals surface area contributed by atoms with E-state index in [1.54, 1.807) is 48.5 Å². The summed E-state index contributed by atoms with van der Waals surface area (Å²) in [7, 11) is 0. The van der Waals surface area contributed by atoms with Gasteiger partial charge in [-0.2, -0.15) is 0 Å². The fourth-order valence-corrected chi connectivity index (χ4v) is 2.57. The number of para-hydroxylation sites is 2. The van der Waals surface area contributed by atoms with Crippen molar-refractivity contribution in [2.75, 3.05) is 9.80 Å². The van der Waals surface area contributed by atoms with Crippen molar-refractivity contribution in [1.82, 2.24) is 0 Å². The number of amides is 3. The lowest BCUT2D eigenvalue weighted by Crippen LogP contribution is -2.42. The summed E-state index contributed by atoms with van der Waals surface area (Å²) < 4.78 is 0. The lowest BCUT2D eigenvalue weighted by molar-refractivity contribution is -0.137. The van der Waals surface area contributed by atoms with Crippen molar-refractivity contribution >= 4 is 29.3 Å². The second-order valence-corrected chi connectivity index (χ2v) is 5.94. The van der Waals surface area contributed by atoms with E-state index in [4.69, 9.17) is 10.8 Å². The molecule has 1 unspecified atom stereocenters. The molecular formula is C20H23N3O4. The molecule has 142 valence electrons. The van der Waals surface area contributed by atoms with Crippen molar-refractivity contribution in [3.63, 3.8) is 0 Å². The molecule has 2 aromatic carbocycles. The van der Waals surface area contributed by atoms with Crippen LogP contribution < -0.4 is 15.5 Å². The number of carbonyl (C=O) groups is 3. The average Bonchev–Trinajstić information content (AvgIpc) is 2.90. The Morgan fingerprint density at radius 2 is 1.52 bits per heavy atom. The normalized spacial score (nSPS) is 16.1. The number of hydrogen-bond donors (Lipinski definition) is 2. The van der Waals surface area contributed by atoms with Crippen molar-refractivity contribution in [1.29, 1.82) is 0 Å². The van der Waals surface area contributed by atoms with Gasteiger partial charge in [-0.1, -0.05) is 49.7 Å². The minimum atomic E-state index is -0.995. The average molecular weight is 369 g/mol. The molecule has 1 fully saturated rings. The third-order valence-corrected chi connectivity index (χ3v) is 3.94. The van der Waals surface area contributed by atoms with Crippen molar-refractivity contribution < 1.29 is 19.5 Å².